The molecule has 2 aliphatic carbocycles. The van der Waals surface area contributed by atoms with Crippen molar-refractivity contribution in [2.45, 2.75) is 57.5 Å². The van der Waals surface area contributed by atoms with Crippen molar-refractivity contribution in [2.75, 3.05) is 6.61 Å². The van der Waals surface area contributed by atoms with Crippen LogP contribution in [0.25, 0.3) is 0 Å². The first-order valence-corrected chi connectivity index (χ1v) is 6.84. The van der Waals surface area contributed by atoms with Crippen LogP contribution in [0.2, 0.25) is 0 Å². The zero-order chi connectivity index (χ0) is 12.5. The van der Waals surface area contributed by atoms with Crippen molar-refractivity contribution >= 4 is 6.29 Å². The first-order valence-electron chi connectivity index (χ1n) is 6.84. The van der Waals surface area contributed by atoms with Crippen LogP contribution in [0.1, 0.15) is 51.9 Å². The van der Waals surface area contributed by atoms with E-state index in [1.165, 1.54) is 0 Å². The second kappa shape index (κ2) is 4.69. The number of hydrogen-bond donors (Lipinski definition) is 2. The molecule has 2 saturated carbocycles. The minimum atomic E-state index is -0.642. The van der Waals surface area contributed by atoms with Gasteiger partial charge in [-0.15, -0.1) is 0 Å². The molecule has 0 aromatic heterocycles. The number of aliphatic hydroxyl groups is 2. The van der Waals surface area contributed by atoms with E-state index in [1.807, 2.05) is 0 Å². The van der Waals surface area contributed by atoms with Gasteiger partial charge < -0.3 is 15.0 Å². The average molecular weight is 240 g/mol. The molecule has 0 saturated heterocycles. The summed E-state index contributed by atoms with van der Waals surface area (Å²) in [5.41, 5.74) is -0.846. The van der Waals surface area contributed by atoms with Crippen LogP contribution in [0, 0.1) is 17.3 Å². The Bertz CT molecular complexity index is 291. The smallest absolute Gasteiger partial charge is 0.123 e. The van der Waals surface area contributed by atoms with Gasteiger partial charge in [0.05, 0.1) is 5.60 Å². The van der Waals surface area contributed by atoms with E-state index in [1.54, 1.807) is 0 Å². The van der Waals surface area contributed by atoms with E-state index in [0.29, 0.717) is 5.92 Å². The molecule has 3 heteroatoms. The van der Waals surface area contributed by atoms with Crippen molar-refractivity contribution in [3.63, 3.8) is 0 Å². The van der Waals surface area contributed by atoms with Crippen LogP contribution < -0.4 is 0 Å². The molecule has 0 unspecified atom stereocenters. The summed E-state index contributed by atoms with van der Waals surface area (Å²) in [6.45, 7) is 2.32. The Morgan fingerprint density at radius 1 is 1.35 bits per heavy atom. The van der Waals surface area contributed by atoms with E-state index in [0.717, 1.165) is 51.2 Å². The maximum atomic E-state index is 11.1. The Balaban J connectivity index is 2.07. The average Bonchev–Trinajstić information content (AvgIpc) is 2.58. The van der Waals surface area contributed by atoms with Crippen LogP contribution >= 0.6 is 0 Å². The number of carbonyl (C=O) groups excluding carboxylic acids is 1. The molecular weight excluding hydrogens is 216 g/mol. The summed E-state index contributed by atoms with van der Waals surface area (Å²) < 4.78 is 0. The number of fused-ring (bicyclic) bond motifs is 1. The lowest BCUT2D eigenvalue weighted by Gasteiger charge is -2.48. The Labute approximate surface area is 103 Å². The zero-order valence-corrected chi connectivity index (χ0v) is 10.7. The molecule has 2 fully saturated rings. The van der Waals surface area contributed by atoms with Crippen LogP contribution in [0.15, 0.2) is 0 Å². The molecule has 98 valence electrons. The third kappa shape index (κ3) is 2.04. The highest BCUT2D eigenvalue weighted by Crippen LogP contribution is 2.58. The molecule has 0 aromatic carbocycles. The molecule has 2 aliphatic rings. The van der Waals surface area contributed by atoms with Crippen LogP contribution in [-0.4, -0.2) is 28.7 Å². The maximum absolute atomic E-state index is 11.1. The number of aliphatic hydroxyl groups excluding tert-OH is 1. The monoisotopic (exact) mass is 240 g/mol. The molecule has 0 spiro atoms. The topological polar surface area (TPSA) is 57.5 Å². The van der Waals surface area contributed by atoms with Gasteiger partial charge in [-0.3, -0.25) is 0 Å². The van der Waals surface area contributed by atoms with Gasteiger partial charge in [0.1, 0.15) is 6.29 Å². The first kappa shape index (κ1) is 13.0. The summed E-state index contributed by atoms with van der Waals surface area (Å²) in [6.07, 6.45) is 7.33. The summed E-state index contributed by atoms with van der Waals surface area (Å²) in [7, 11) is 0. The third-order valence-corrected chi connectivity index (χ3v) is 5.38. The highest BCUT2D eigenvalue weighted by Gasteiger charge is 2.58. The molecule has 0 radical (unpaired) electrons. The van der Waals surface area contributed by atoms with Crippen LogP contribution in [-0.2, 0) is 4.79 Å². The normalized spacial score (nSPS) is 45.6. The van der Waals surface area contributed by atoms with E-state index in [4.69, 9.17) is 5.11 Å². The molecule has 0 amide bonds. The van der Waals surface area contributed by atoms with E-state index >= 15 is 0 Å². The fourth-order valence-corrected chi connectivity index (χ4v) is 4.02. The van der Waals surface area contributed by atoms with Gasteiger partial charge in [0.2, 0.25) is 0 Å². The number of rotatable bonds is 4. The van der Waals surface area contributed by atoms with Gasteiger partial charge >= 0.3 is 0 Å². The summed E-state index contributed by atoms with van der Waals surface area (Å²) in [4.78, 5) is 11.1. The van der Waals surface area contributed by atoms with Crippen molar-refractivity contribution in [1.29, 1.82) is 0 Å². The molecule has 2 rings (SSSR count). The Morgan fingerprint density at radius 3 is 2.76 bits per heavy atom. The lowest BCUT2D eigenvalue weighted by molar-refractivity contribution is -0.132. The van der Waals surface area contributed by atoms with Gasteiger partial charge in [-0.2, -0.15) is 0 Å². The minimum absolute atomic E-state index is 0.0336. The van der Waals surface area contributed by atoms with Crippen LogP contribution in [0.3, 0.4) is 0 Å². The lowest BCUT2D eigenvalue weighted by Crippen LogP contribution is -2.50. The maximum Gasteiger partial charge on any atom is 0.123 e. The Hall–Kier alpha value is -0.410. The lowest BCUT2D eigenvalue weighted by atomic mass is 9.60. The number of carbonyl (C=O) groups is 1. The van der Waals surface area contributed by atoms with Crippen molar-refractivity contribution in [2.24, 2.45) is 17.3 Å². The van der Waals surface area contributed by atoms with Gasteiger partial charge in [0.25, 0.3) is 0 Å². The number of hydrogen-bond acceptors (Lipinski definition) is 3. The van der Waals surface area contributed by atoms with E-state index in [9.17, 15) is 9.90 Å². The molecule has 2 N–H and O–H groups in total. The van der Waals surface area contributed by atoms with E-state index in [2.05, 4.69) is 6.92 Å². The summed E-state index contributed by atoms with van der Waals surface area (Å²) in [5, 5.41) is 19.7. The van der Waals surface area contributed by atoms with Crippen molar-refractivity contribution < 1.29 is 15.0 Å². The van der Waals surface area contributed by atoms with Gasteiger partial charge in [0, 0.05) is 17.9 Å². The zero-order valence-electron chi connectivity index (χ0n) is 10.7. The fourth-order valence-electron chi connectivity index (χ4n) is 4.02. The molecule has 0 bridgehead atoms. The van der Waals surface area contributed by atoms with Crippen molar-refractivity contribution in [1.82, 2.24) is 0 Å². The van der Waals surface area contributed by atoms with E-state index in [-0.39, 0.29) is 17.9 Å². The molecule has 0 aliphatic heterocycles. The van der Waals surface area contributed by atoms with Gasteiger partial charge in [-0.1, -0.05) is 6.92 Å². The van der Waals surface area contributed by atoms with Gasteiger partial charge in [0.15, 0.2) is 0 Å². The highest BCUT2D eigenvalue weighted by molar-refractivity contribution is 5.56. The standard InChI is InChI=1S/C14H24O3/c1-13-6-4-11(3-2-8-15)9-14(13,17)7-5-12(13)10-16/h10-12,15,17H,2-9H2,1H3/t11-,12+,13+,14-/m0/s1. The largest absolute Gasteiger partial charge is 0.396 e. The van der Waals surface area contributed by atoms with Crippen LogP contribution in [0.4, 0.5) is 0 Å². The Morgan fingerprint density at radius 2 is 2.12 bits per heavy atom. The van der Waals surface area contributed by atoms with Gasteiger partial charge in [-0.05, 0) is 50.9 Å². The first-order chi connectivity index (χ1) is 8.05. The summed E-state index contributed by atoms with van der Waals surface area (Å²) in [5.74, 6) is 0.553. The number of aldehydes is 1. The highest BCUT2D eigenvalue weighted by atomic mass is 16.3. The molecule has 3 nitrogen and oxygen atoms in total. The predicted molar refractivity (Wildman–Crippen MR) is 65.5 cm³/mol. The van der Waals surface area contributed by atoms with Gasteiger partial charge in [-0.25, -0.2) is 0 Å². The quantitative estimate of drug-likeness (QED) is 0.738. The third-order valence-electron chi connectivity index (χ3n) is 5.38. The van der Waals surface area contributed by atoms with E-state index < -0.39 is 5.60 Å². The minimum Gasteiger partial charge on any atom is -0.396 e. The molecule has 17 heavy (non-hydrogen) atoms. The van der Waals surface area contributed by atoms with Crippen molar-refractivity contribution in [3.8, 4) is 0 Å². The fraction of sp³-hybridized carbons (Fsp3) is 0.929. The summed E-state index contributed by atoms with van der Waals surface area (Å²) >= 11 is 0. The van der Waals surface area contributed by atoms with Crippen molar-refractivity contribution in [3.05, 3.63) is 0 Å². The SMILES string of the molecule is C[C@]12CC[C@H](CCCO)C[C@@]1(O)CC[C@@H]2C=O. The molecule has 0 aromatic rings. The molecule has 0 heterocycles. The predicted octanol–water partition coefficient (Wildman–Crippen LogP) is 1.91. The summed E-state index contributed by atoms with van der Waals surface area (Å²) in [6, 6.07) is 0. The second-order valence-corrected chi connectivity index (χ2v) is 6.20. The second-order valence-electron chi connectivity index (χ2n) is 6.20. The van der Waals surface area contributed by atoms with Crippen LogP contribution in [0.5, 0.6) is 0 Å². The molecular formula is C14H24O3. The molecule has 4 atom stereocenters. The Kier molecular flexibility index (Phi) is 3.60.